The monoisotopic (exact) mass is 342 g/mol. The van der Waals surface area contributed by atoms with Crippen molar-refractivity contribution >= 4 is 29.2 Å². The van der Waals surface area contributed by atoms with E-state index in [2.05, 4.69) is 5.32 Å². The number of amides is 1. The van der Waals surface area contributed by atoms with Gasteiger partial charge >= 0.3 is 5.97 Å². The second-order valence-electron chi connectivity index (χ2n) is 5.36. The smallest absolute Gasteiger partial charge is 0.343 e. The van der Waals surface area contributed by atoms with Crippen LogP contribution in [0.1, 0.15) is 29.8 Å². The zero-order valence-corrected chi connectivity index (χ0v) is 13.9. The van der Waals surface area contributed by atoms with Crippen LogP contribution in [0.3, 0.4) is 0 Å². The lowest BCUT2D eigenvalue weighted by molar-refractivity contribution is -0.118. The van der Waals surface area contributed by atoms with Gasteiger partial charge in [0.05, 0.1) is 11.1 Å². The molecule has 0 spiro atoms. The number of carbonyl (C=O) groups is 2. The molecule has 2 rings (SSSR count). The molecule has 1 amide bonds. The number of rotatable bonds is 4. The van der Waals surface area contributed by atoms with Gasteiger partial charge in [0.2, 0.25) is 5.91 Å². The lowest BCUT2D eigenvalue weighted by Crippen LogP contribution is -2.17. The van der Waals surface area contributed by atoms with Crippen molar-refractivity contribution < 1.29 is 14.3 Å². The summed E-state index contributed by atoms with van der Waals surface area (Å²) in [5.74, 6) is -0.757. The van der Waals surface area contributed by atoms with Crippen LogP contribution in [0.5, 0.6) is 5.75 Å². The van der Waals surface area contributed by atoms with Crippen molar-refractivity contribution in [3.63, 3.8) is 0 Å². The molecule has 0 aliphatic rings. The van der Waals surface area contributed by atoms with Crippen LogP contribution in [-0.4, -0.2) is 11.9 Å². The molecule has 122 valence electrons. The number of halogens is 1. The fraction of sp³-hybridized carbons (Fsp3) is 0.167. The maximum absolute atomic E-state index is 12.2. The molecule has 0 radical (unpaired) electrons. The van der Waals surface area contributed by atoms with E-state index in [1.165, 1.54) is 24.3 Å². The van der Waals surface area contributed by atoms with Crippen LogP contribution in [0.4, 0.5) is 5.69 Å². The summed E-state index contributed by atoms with van der Waals surface area (Å²) >= 11 is 5.86. The van der Waals surface area contributed by atoms with Crippen molar-refractivity contribution in [2.45, 2.75) is 13.8 Å². The minimum absolute atomic E-state index is 0.104. The SMILES string of the molecule is CC(C)C(=O)Nc1ccc(C(=O)Oc2cc(Cl)ccc2C#N)cc1. The predicted molar refractivity (Wildman–Crippen MR) is 91.0 cm³/mol. The van der Waals surface area contributed by atoms with Crippen molar-refractivity contribution in [3.8, 4) is 11.8 Å². The number of anilines is 1. The molecular weight excluding hydrogens is 328 g/mol. The molecule has 0 saturated heterocycles. The molecule has 0 heterocycles. The van der Waals surface area contributed by atoms with Gasteiger partial charge in [-0.05, 0) is 36.4 Å². The Morgan fingerprint density at radius 2 is 1.83 bits per heavy atom. The maximum atomic E-state index is 12.2. The first kappa shape index (κ1) is 17.5. The van der Waals surface area contributed by atoms with E-state index in [0.29, 0.717) is 16.3 Å². The molecule has 2 aromatic carbocycles. The fourth-order valence-electron chi connectivity index (χ4n) is 1.81. The Morgan fingerprint density at radius 3 is 2.42 bits per heavy atom. The summed E-state index contributed by atoms with van der Waals surface area (Å²) in [6.45, 7) is 3.58. The Kier molecular flexibility index (Phi) is 5.56. The molecule has 1 N–H and O–H groups in total. The van der Waals surface area contributed by atoms with E-state index in [-0.39, 0.29) is 23.1 Å². The van der Waals surface area contributed by atoms with E-state index in [1.807, 2.05) is 6.07 Å². The number of benzene rings is 2. The Morgan fingerprint density at radius 1 is 1.17 bits per heavy atom. The van der Waals surface area contributed by atoms with E-state index in [0.717, 1.165) is 0 Å². The second kappa shape index (κ2) is 7.62. The van der Waals surface area contributed by atoms with E-state index < -0.39 is 5.97 Å². The van der Waals surface area contributed by atoms with Gasteiger partial charge in [0.1, 0.15) is 11.8 Å². The summed E-state index contributed by atoms with van der Waals surface area (Å²) in [7, 11) is 0. The highest BCUT2D eigenvalue weighted by molar-refractivity contribution is 6.30. The van der Waals surface area contributed by atoms with Gasteiger partial charge in [-0.25, -0.2) is 4.79 Å². The van der Waals surface area contributed by atoms with Crippen LogP contribution in [-0.2, 0) is 4.79 Å². The topological polar surface area (TPSA) is 79.2 Å². The average molecular weight is 343 g/mol. The molecule has 24 heavy (non-hydrogen) atoms. The van der Waals surface area contributed by atoms with Crippen LogP contribution in [0, 0.1) is 17.2 Å². The summed E-state index contributed by atoms with van der Waals surface area (Å²) in [5, 5.41) is 12.1. The van der Waals surface area contributed by atoms with E-state index >= 15 is 0 Å². The highest BCUT2D eigenvalue weighted by atomic mass is 35.5. The summed E-state index contributed by atoms with van der Waals surface area (Å²) in [4.78, 5) is 23.8. The number of nitriles is 1. The zero-order valence-electron chi connectivity index (χ0n) is 13.2. The standard InChI is InChI=1S/C18H15ClN2O3/c1-11(2)17(22)21-15-7-4-12(5-8-15)18(23)24-16-9-14(19)6-3-13(16)10-20/h3-9,11H,1-2H3,(H,21,22). The molecule has 0 aromatic heterocycles. The van der Waals surface area contributed by atoms with Gasteiger partial charge < -0.3 is 10.1 Å². The normalized spacial score (nSPS) is 10.1. The van der Waals surface area contributed by atoms with Crippen LogP contribution in [0.2, 0.25) is 5.02 Å². The van der Waals surface area contributed by atoms with Crippen molar-refractivity contribution in [2.24, 2.45) is 5.92 Å². The highest BCUT2D eigenvalue weighted by Crippen LogP contribution is 2.24. The van der Waals surface area contributed by atoms with Gasteiger partial charge in [-0.1, -0.05) is 25.4 Å². The molecule has 0 saturated carbocycles. The zero-order chi connectivity index (χ0) is 17.7. The number of nitrogens with one attached hydrogen (secondary N) is 1. The van der Waals surface area contributed by atoms with Gasteiger partial charge in [0.25, 0.3) is 0 Å². The number of esters is 1. The number of ether oxygens (including phenoxy) is 1. The number of hydrogen-bond acceptors (Lipinski definition) is 4. The van der Waals surface area contributed by atoms with Crippen molar-refractivity contribution in [1.82, 2.24) is 0 Å². The summed E-state index contributed by atoms with van der Waals surface area (Å²) in [6.07, 6.45) is 0. The van der Waals surface area contributed by atoms with Crippen LogP contribution in [0.15, 0.2) is 42.5 Å². The number of nitrogens with zero attached hydrogens (tertiary/aromatic N) is 1. The van der Waals surface area contributed by atoms with Crippen molar-refractivity contribution in [2.75, 3.05) is 5.32 Å². The van der Waals surface area contributed by atoms with Gasteiger partial charge in [-0.15, -0.1) is 0 Å². The minimum atomic E-state index is -0.615. The second-order valence-corrected chi connectivity index (χ2v) is 5.80. The Balaban J connectivity index is 2.12. The van der Waals surface area contributed by atoms with E-state index in [9.17, 15) is 9.59 Å². The molecule has 0 atom stereocenters. The molecule has 0 aliphatic carbocycles. The molecule has 0 unspecified atom stereocenters. The summed E-state index contributed by atoms with van der Waals surface area (Å²) in [5.41, 5.74) is 1.10. The van der Waals surface area contributed by atoms with Gasteiger partial charge in [-0.2, -0.15) is 5.26 Å². The van der Waals surface area contributed by atoms with Crippen LogP contribution in [0.25, 0.3) is 0 Å². The maximum Gasteiger partial charge on any atom is 0.343 e. The van der Waals surface area contributed by atoms with Crippen molar-refractivity contribution in [3.05, 3.63) is 58.6 Å². The highest BCUT2D eigenvalue weighted by Gasteiger charge is 2.13. The van der Waals surface area contributed by atoms with Crippen LogP contribution >= 0.6 is 11.6 Å². The molecule has 5 nitrogen and oxygen atoms in total. The first-order chi connectivity index (χ1) is 11.4. The quantitative estimate of drug-likeness (QED) is 0.672. The Bertz CT molecular complexity index is 808. The molecule has 2 aromatic rings. The van der Waals surface area contributed by atoms with Crippen molar-refractivity contribution in [1.29, 1.82) is 5.26 Å². The van der Waals surface area contributed by atoms with Gasteiger partial charge in [0.15, 0.2) is 0 Å². The van der Waals surface area contributed by atoms with Crippen LogP contribution < -0.4 is 10.1 Å². The number of carbonyl (C=O) groups excluding carboxylic acids is 2. The first-order valence-electron chi connectivity index (χ1n) is 7.23. The third-order valence-corrected chi connectivity index (χ3v) is 3.41. The molecule has 0 fully saturated rings. The predicted octanol–water partition coefficient (Wildman–Crippen LogP) is 4.03. The first-order valence-corrected chi connectivity index (χ1v) is 7.61. The summed E-state index contributed by atoms with van der Waals surface area (Å²) < 4.78 is 5.23. The molecule has 0 aliphatic heterocycles. The fourth-order valence-corrected chi connectivity index (χ4v) is 1.97. The lowest BCUT2D eigenvalue weighted by atomic mass is 10.1. The van der Waals surface area contributed by atoms with Gasteiger partial charge in [-0.3, -0.25) is 4.79 Å². The van der Waals surface area contributed by atoms with Gasteiger partial charge in [0, 0.05) is 22.7 Å². The molecule has 0 bridgehead atoms. The Labute approximate surface area is 144 Å². The van der Waals surface area contributed by atoms with E-state index in [4.69, 9.17) is 21.6 Å². The number of hydrogen-bond donors (Lipinski definition) is 1. The largest absolute Gasteiger partial charge is 0.421 e. The minimum Gasteiger partial charge on any atom is -0.421 e. The third-order valence-electron chi connectivity index (χ3n) is 3.18. The van der Waals surface area contributed by atoms with E-state index in [1.54, 1.807) is 32.0 Å². The average Bonchev–Trinajstić information content (AvgIpc) is 2.55. The third kappa shape index (κ3) is 4.34. The lowest BCUT2D eigenvalue weighted by Gasteiger charge is -2.09. The molecular formula is C18H15ClN2O3. The molecule has 6 heteroatoms. The Hall–Kier alpha value is -2.84. The summed E-state index contributed by atoms with van der Waals surface area (Å²) in [6, 6.07) is 12.7.